The van der Waals surface area contributed by atoms with Gasteiger partial charge < -0.3 is 10.0 Å². The molecule has 0 fully saturated rings. The summed E-state index contributed by atoms with van der Waals surface area (Å²) in [6.07, 6.45) is 0.0362. The number of hydrogen-bond acceptors (Lipinski definition) is 4. The number of para-hydroxylation sites is 1. The zero-order chi connectivity index (χ0) is 19.1. The number of anilines is 1. The van der Waals surface area contributed by atoms with Crippen molar-refractivity contribution in [2.24, 2.45) is 0 Å². The first-order valence-electron chi connectivity index (χ1n) is 8.70. The van der Waals surface area contributed by atoms with E-state index in [9.17, 15) is 9.59 Å². The first kappa shape index (κ1) is 18.6. The van der Waals surface area contributed by atoms with Crippen LogP contribution in [0.3, 0.4) is 0 Å². The molecule has 0 atom stereocenters. The van der Waals surface area contributed by atoms with E-state index in [0.717, 1.165) is 22.4 Å². The molecule has 1 heterocycles. The number of nitrogens with zero attached hydrogens (tertiary/aromatic N) is 1. The van der Waals surface area contributed by atoms with Gasteiger partial charge in [-0.05, 0) is 23.8 Å². The summed E-state index contributed by atoms with van der Waals surface area (Å²) in [5.74, 6) is 5.74. The Balaban J connectivity index is 1.79. The van der Waals surface area contributed by atoms with Crippen LogP contribution < -0.4 is 10.4 Å². The monoisotopic (exact) mass is 364 g/mol. The smallest absolute Gasteiger partial charge is 0.244 e. The molecule has 0 aliphatic carbocycles. The van der Waals surface area contributed by atoms with Gasteiger partial charge in [-0.3, -0.25) is 14.4 Å². The zero-order valence-electron chi connectivity index (χ0n) is 14.8. The van der Waals surface area contributed by atoms with Gasteiger partial charge in [-0.1, -0.05) is 42.2 Å². The fourth-order valence-electron chi connectivity index (χ4n) is 2.79. The van der Waals surface area contributed by atoms with Crippen molar-refractivity contribution in [3.8, 4) is 11.8 Å². The molecule has 27 heavy (non-hydrogen) atoms. The molecule has 0 spiro atoms. The topological polar surface area (TPSA) is 78.9 Å². The van der Waals surface area contributed by atoms with Crippen molar-refractivity contribution in [2.45, 2.75) is 19.4 Å². The highest BCUT2D eigenvalue weighted by Crippen LogP contribution is 2.26. The molecule has 2 aromatic rings. The van der Waals surface area contributed by atoms with Crippen LogP contribution >= 0.6 is 0 Å². The molecule has 0 bridgehead atoms. The maximum Gasteiger partial charge on any atom is 0.244 e. The number of rotatable bonds is 6. The highest BCUT2D eigenvalue weighted by atomic mass is 16.7. The highest BCUT2D eigenvalue weighted by Gasteiger charge is 2.21. The van der Waals surface area contributed by atoms with Crippen molar-refractivity contribution in [1.29, 1.82) is 0 Å². The minimum atomic E-state index is -0.405. The number of carbonyl (C=O) groups is 2. The predicted octanol–water partition coefficient (Wildman–Crippen LogP) is 1.75. The van der Waals surface area contributed by atoms with Crippen molar-refractivity contribution < 1.29 is 19.5 Å². The summed E-state index contributed by atoms with van der Waals surface area (Å²) in [5.41, 5.74) is 5.57. The van der Waals surface area contributed by atoms with Crippen molar-refractivity contribution >= 4 is 17.5 Å². The van der Waals surface area contributed by atoms with E-state index in [1.165, 1.54) is 0 Å². The second-order valence-electron chi connectivity index (χ2n) is 6.00. The molecular weight excluding hydrogens is 344 g/mol. The van der Waals surface area contributed by atoms with Gasteiger partial charge in [0.25, 0.3) is 0 Å². The number of nitrogens with one attached hydrogen (secondary N) is 1. The minimum Gasteiger partial charge on any atom is -0.394 e. The Morgan fingerprint density at radius 2 is 1.74 bits per heavy atom. The summed E-state index contributed by atoms with van der Waals surface area (Å²) < 4.78 is 0. The predicted molar refractivity (Wildman–Crippen MR) is 100 cm³/mol. The van der Waals surface area contributed by atoms with Gasteiger partial charge in [0.15, 0.2) is 0 Å². The van der Waals surface area contributed by atoms with Crippen LogP contribution in [0.15, 0.2) is 48.5 Å². The molecule has 2 aromatic carbocycles. The average Bonchev–Trinajstić information content (AvgIpc) is 2.68. The molecule has 0 saturated heterocycles. The Kier molecular flexibility index (Phi) is 6.21. The molecular formula is C21H20N2O4. The van der Waals surface area contributed by atoms with E-state index in [1.807, 2.05) is 48.5 Å². The van der Waals surface area contributed by atoms with Crippen LogP contribution in [0.5, 0.6) is 0 Å². The molecule has 138 valence electrons. The largest absolute Gasteiger partial charge is 0.394 e. The summed E-state index contributed by atoms with van der Waals surface area (Å²) in [6, 6.07) is 15.2. The molecule has 0 unspecified atom stereocenters. The Labute approximate surface area is 157 Å². The molecule has 3 rings (SSSR count). The van der Waals surface area contributed by atoms with E-state index in [2.05, 4.69) is 17.3 Å². The number of aliphatic hydroxyl groups is 1. The summed E-state index contributed by atoms with van der Waals surface area (Å²) in [6.45, 7) is 0.211. The van der Waals surface area contributed by atoms with Crippen LogP contribution in [0.1, 0.15) is 29.5 Å². The number of amides is 2. The van der Waals surface area contributed by atoms with E-state index in [4.69, 9.17) is 9.94 Å². The van der Waals surface area contributed by atoms with E-state index in [0.29, 0.717) is 6.54 Å². The maximum absolute atomic E-state index is 12.9. The van der Waals surface area contributed by atoms with Crippen molar-refractivity contribution in [2.75, 3.05) is 18.1 Å². The number of hydrogen-bond donors (Lipinski definition) is 2. The van der Waals surface area contributed by atoms with E-state index >= 15 is 0 Å². The second kappa shape index (κ2) is 8.99. The summed E-state index contributed by atoms with van der Waals surface area (Å²) in [5, 5.41) is 8.64. The first-order chi connectivity index (χ1) is 13.2. The lowest BCUT2D eigenvalue weighted by molar-refractivity contribution is -0.135. The lowest BCUT2D eigenvalue weighted by Gasteiger charge is -2.26. The molecule has 2 amide bonds. The summed E-state index contributed by atoms with van der Waals surface area (Å²) in [4.78, 5) is 31.1. The Bertz CT molecular complexity index is 898. The normalized spacial score (nSPS) is 12.0. The fraction of sp³-hybridized carbons (Fsp3) is 0.238. The van der Waals surface area contributed by atoms with Crippen LogP contribution in [-0.2, 0) is 21.0 Å². The number of hydroxylamine groups is 1. The van der Waals surface area contributed by atoms with Crippen molar-refractivity contribution in [3.05, 3.63) is 65.2 Å². The van der Waals surface area contributed by atoms with Gasteiger partial charge in [0.2, 0.25) is 11.8 Å². The van der Waals surface area contributed by atoms with Crippen molar-refractivity contribution in [3.63, 3.8) is 0 Å². The minimum absolute atomic E-state index is 0.00372. The maximum atomic E-state index is 12.9. The Morgan fingerprint density at radius 3 is 2.56 bits per heavy atom. The number of aliphatic hydroxyl groups excluding tert-OH is 1. The van der Waals surface area contributed by atoms with Gasteiger partial charge in [-0.2, -0.15) is 0 Å². The van der Waals surface area contributed by atoms with Gasteiger partial charge >= 0.3 is 0 Å². The molecule has 6 nitrogen and oxygen atoms in total. The molecule has 0 aromatic heterocycles. The van der Waals surface area contributed by atoms with E-state index < -0.39 is 5.91 Å². The average molecular weight is 364 g/mol. The third-order valence-electron chi connectivity index (χ3n) is 4.12. The number of carbonyl (C=O) groups excluding carboxylic acids is 2. The number of benzene rings is 2. The zero-order valence-corrected chi connectivity index (χ0v) is 14.8. The highest BCUT2D eigenvalue weighted by molar-refractivity contribution is 5.96. The van der Waals surface area contributed by atoms with Gasteiger partial charge in [0.1, 0.15) is 0 Å². The molecule has 2 N–H and O–H groups in total. The van der Waals surface area contributed by atoms with Gasteiger partial charge in [0, 0.05) is 24.0 Å². The lowest BCUT2D eigenvalue weighted by atomic mass is 10.0. The van der Waals surface area contributed by atoms with Crippen LogP contribution in [0.2, 0.25) is 0 Å². The van der Waals surface area contributed by atoms with Crippen LogP contribution in [-0.4, -0.2) is 30.1 Å². The SMILES string of the molecule is O=C(CCC(=O)N1Cc2ccccc2C#Cc2ccccc21)NOCCO. The molecule has 1 aliphatic rings. The van der Waals surface area contributed by atoms with Crippen molar-refractivity contribution in [1.82, 2.24) is 5.48 Å². The van der Waals surface area contributed by atoms with Crippen LogP contribution in [0, 0.1) is 11.8 Å². The fourth-order valence-corrected chi connectivity index (χ4v) is 2.79. The van der Waals surface area contributed by atoms with Crippen LogP contribution in [0.4, 0.5) is 5.69 Å². The molecule has 1 aliphatic heterocycles. The van der Waals surface area contributed by atoms with Crippen LogP contribution in [0.25, 0.3) is 0 Å². The molecule has 0 radical (unpaired) electrons. The number of fused-ring (bicyclic) bond motifs is 2. The van der Waals surface area contributed by atoms with Gasteiger partial charge in [-0.25, -0.2) is 5.48 Å². The third-order valence-corrected chi connectivity index (χ3v) is 4.12. The summed E-state index contributed by atoms with van der Waals surface area (Å²) >= 11 is 0. The Morgan fingerprint density at radius 1 is 1.04 bits per heavy atom. The quantitative estimate of drug-likeness (QED) is 0.465. The first-order valence-corrected chi connectivity index (χ1v) is 8.70. The van der Waals surface area contributed by atoms with E-state index in [1.54, 1.807) is 4.90 Å². The molecule has 0 saturated carbocycles. The molecule has 6 heteroatoms. The third kappa shape index (κ3) is 4.73. The van der Waals surface area contributed by atoms with Gasteiger partial charge in [0.05, 0.1) is 25.4 Å². The van der Waals surface area contributed by atoms with Gasteiger partial charge in [-0.15, -0.1) is 0 Å². The Hall–Kier alpha value is -3.14. The lowest BCUT2D eigenvalue weighted by Crippen LogP contribution is -2.33. The standard InChI is InChI=1S/C21H20N2O4/c24-13-14-27-22-20(25)11-12-21(26)23-15-18-7-2-1-5-16(18)9-10-17-6-3-4-8-19(17)23/h1-8,24H,11-15H2,(H,22,25). The second-order valence-corrected chi connectivity index (χ2v) is 6.00. The summed E-state index contributed by atoms with van der Waals surface area (Å²) in [7, 11) is 0. The van der Waals surface area contributed by atoms with E-state index in [-0.39, 0.29) is 32.0 Å².